The van der Waals surface area contributed by atoms with E-state index in [0.29, 0.717) is 30.9 Å². The Kier molecular flexibility index (Phi) is 21.3. The number of ether oxygens (including phenoxy) is 1. The van der Waals surface area contributed by atoms with Crippen molar-refractivity contribution < 1.29 is 27.3 Å². The molecule has 3 nitrogen and oxygen atoms in total. The molecule has 0 bridgehead atoms. The Morgan fingerprint density at radius 2 is 1.38 bits per heavy atom. The van der Waals surface area contributed by atoms with Gasteiger partial charge in [-0.25, -0.2) is 4.79 Å². The first-order valence-corrected chi connectivity index (χ1v) is 20.3. The number of rotatable bonds is 11. The number of esters is 1. The molecule has 0 radical (unpaired) electrons. The van der Waals surface area contributed by atoms with Gasteiger partial charge in [0.2, 0.25) is 0 Å². The van der Waals surface area contributed by atoms with Gasteiger partial charge in [-0.15, -0.1) is 0 Å². The second-order valence-electron chi connectivity index (χ2n) is 6.20. The van der Waals surface area contributed by atoms with Crippen molar-refractivity contribution >= 4 is 43.2 Å². The predicted octanol–water partition coefficient (Wildman–Crippen LogP) is 2.15. The summed E-state index contributed by atoms with van der Waals surface area (Å²) >= 11 is 5.30. The van der Waals surface area contributed by atoms with Crippen LogP contribution in [0.15, 0.2) is 0 Å². The first-order valence-electron chi connectivity index (χ1n) is 7.70. The van der Waals surface area contributed by atoms with E-state index in [4.69, 9.17) is 4.74 Å². The van der Waals surface area contributed by atoms with E-state index in [1.165, 1.54) is 44.9 Å². The SMILES string of the molecule is CCCCCCCCCCOC(=O)C[N+](C)(C)C.I[I-]I. The van der Waals surface area contributed by atoms with Gasteiger partial charge >= 0.3 is 56.5 Å². The Hall–Kier alpha value is 1.62. The van der Waals surface area contributed by atoms with E-state index in [2.05, 4.69) is 44.2 Å². The fourth-order valence-electron chi connectivity index (χ4n) is 1.85. The van der Waals surface area contributed by atoms with Gasteiger partial charge in [0.25, 0.3) is 0 Å². The molecule has 0 amide bonds. The van der Waals surface area contributed by atoms with Crippen molar-refractivity contribution in [2.45, 2.75) is 58.3 Å². The second-order valence-corrected chi connectivity index (χ2v) is 22.4. The average Bonchev–Trinajstić information content (AvgIpc) is 2.35. The molecule has 0 aliphatic carbocycles. The Balaban J connectivity index is 0. The van der Waals surface area contributed by atoms with E-state index in [0.717, 1.165) is 6.42 Å². The molecule has 6 heteroatoms. The Labute approximate surface area is 161 Å². The van der Waals surface area contributed by atoms with Crippen LogP contribution >= 0.6 is 37.2 Å². The molecule has 0 heterocycles. The minimum atomic E-state index is -0.0783. The van der Waals surface area contributed by atoms with Crippen LogP contribution in [0.1, 0.15) is 58.3 Å². The fourth-order valence-corrected chi connectivity index (χ4v) is 1.85. The maximum atomic E-state index is 11.4. The summed E-state index contributed by atoms with van der Waals surface area (Å²) < 4.78 is 5.84. The molecule has 0 unspecified atom stereocenters. The zero-order chi connectivity index (χ0) is 16.6. The number of unbranched alkanes of at least 4 members (excludes halogenated alkanes) is 7. The molecular weight excluding hydrogens is 607 g/mol. The number of quaternary nitrogens is 1. The van der Waals surface area contributed by atoms with Crippen LogP contribution in [0.3, 0.4) is 0 Å². The number of carbonyl (C=O) groups is 1. The van der Waals surface area contributed by atoms with E-state index in [9.17, 15) is 4.79 Å². The van der Waals surface area contributed by atoms with Crippen LogP contribution in [-0.2, 0) is 9.53 Å². The van der Waals surface area contributed by atoms with Crippen molar-refractivity contribution in [1.29, 1.82) is 0 Å². The zero-order valence-electron chi connectivity index (χ0n) is 14.0. The number of nitrogens with zero attached hydrogens (tertiary/aromatic N) is 1. The third kappa shape index (κ3) is 26.8. The van der Waals surface area contributed by atoms with Crippen LogP contribution in [0.2, 0.25) is 0 Å². The average molecular weight is 639 g/mol. The molecule has 0 spiro atoms. The van der Waals surface area contributed by atoms with Gasteiger partial charge in [0.15, 0.2) is 6.54 Å². The Morgan fingerprint density at radius 1 is 0.952 bits per heavy atom. The number of likely N-dealkylation sites (N-methyl/N-ethyl adjacent to an activating group) is 1. The number of carbonyl (C=O) groups excluding carboxylic acids is 1. The summed E-state index contributed by atoms with van der Waals surface area (Å²) in [5.41, 5.74) is 0. The van der Waals surface area contributed by atoms with Crippen molar-refractivity contribution in [2.75, 3.05) is 34.3 Å². The summed E-state index contributed by atoms with van der Waals surface area (Å²) in [6.45, 7) is 3.29. The van der Waals surface area contributed by atoms with Gasteiger partial charge < -0.3 is 9.22 Å². The van der Waals surface area contributed by atoms with Crippen molar-refractivity contribution in [3.05, 3.63) is 0 Å². The van der Waals surface area contributed by atoms with Gasteiger partial charge in [0.1, 0.15) is 0 Å². The minimum absolute atomic E-state index is 0.0783. The summed E-state index contributed by atoms with van der Waals surface area (Å²) in [5, 5.41) is 0. The molecule has 130 valence electrons. The van der Waals surface area contributed by atoms with Gasteiger partial charge in [0.05, 0.1) is 27.7 Å². The molecule has 0 aromatic carbocycles. The quantitative estimate of drug-likeness (QED) is 0.150. The van der Waals surface area contributed by atoms with Crippen molar-refractivity contribution in [3.63, 3.8) is 0 Å². The van der Waals surface area contributed by atoms with Crippen LogP contribution in [0, 0.1) is 0 Å². The van der Waals surface area contributed by atoms with Gasteiger partial charge in [-0.2, -0.15) is 0 Å². The van der Waals surface area contributed by atoms with Crippen LogP contribution < -0.4 is 13.3 Å². The molecule has 0 N–H and O–H groups in total. The number of hydrogen-bond acceptors (Lipinski definition) is 2. The third-order valence-corrected chi connectivity index (χ3v) is 2.86. The topological polar surface area (TPSA) is 26.3 Å². The molecule has 21 heavy (non-hydrogen) atoms. The molecule has 0 saturated carbocycles. The van der Waals surface area contributed by atoms with Gasteiger partial charge in [-0.3, -0.25) is 0 Å². The molecule has 0 aromatic heterocycles. The Morgan fingerprint density at radius 3 is 1.81 bits per heavy atom. The first-order chi connectivity index (χ1) is 9.87. The molecule has 0 fully saturated rings. The fraction of sp³-hybridized carbons (Fsp3) is 0.933. The summed E-state index contributed by atoms with van der Waals surface area (Å²) in [6.07, 6.45) is 10.2. The monoisotopic (exact) mass is 639 g/mol. The van der Waals surface area contributed by atoms with Crippen molar-refractivity contribution in [1.82, 2.24) is 0 Å². The number of halogens is 3. The van der Waals surface area contributed by atoms with E-state index in [1.807, 2.05) is 21.1 Å². The standard InChI is InChI=1S/C15H32NO2.I3/c1-5-6-7-8-9-10-11-12-13-18-15(17)14-16(2,3)4;1-3-2/h5-14H2,1-4H3;/q+1;-1. The first kappa shape index (κ1) is 24.9. The predicted molar refractivity (Wildman–Crippen MR) is 105 cm³/mol. The molecule has 0 rings (SSSR count). The summed E-state index contributed by atoms with van der Waals surface area (Å²) in [5.74, 6) is -0.0783. The van der Waals surface area contributed by atoms with Crippen LogP contribution in [0.4, 0.5) is 0 Å². The molecule has 0 aliphatic rings. The van der Waals surface area contributed by atoms with Gasteiger partial charge in [-0.05, 0) is 6.42 Å². The van der Waals surface area contributed by atoms with Crippen molar-refractivity contribution in [2.24, 2.45) is 0 Å². The van der Waals surface area contributed by atoms with Crippen LogP contribution in [-0.4, -0.2) is 44.7 Å². The van der Waals surface area contributed by atoms with E-state index in [1.54, 1.807) is 0 Å². The number of hydrogen-bond donors (Lipinski definition) is 0. The summed E-state index contributed by atoms with van der Waals surface area (Å²) in [4.78, 5) is 11.4. The van der Waals surface area contributed by atoms with E-state index in [-0.39, 0.29) is 5.97 Å². The van der Waals surface area contributed by atoms with E-state index >= 15 is 0 Å². The van der Waals surface area contributed by atoms with Crippen molar-refractivity contribution in [3.8, 4) is 0 Å². The molecule has 0 aromatic rings. The molecular formula is C15H32I3NO2. The zero-order valence-corrected chi connectivity index (χ0v) is 20.4. The molecule has 0 aliphatic heterocycles. The van der Waals surface area contributed by atoms with Crippen LogP contribution in [0.25, 0.3) is 0 Å². The maximum absolute atomic E-state index is 11.4. The normalized spacial score (nSPS) is 11.0. The van der Waals surface area contributed by atoms with Gasteiger partial charge in [0, 0.05) is 0 Å². The summed E-state index contributed by atoms with van der Waals surface area (Å²) in [7, 11) is 5.99. The Bertz CT molecular complexity index is 233. The van der Waals surface area contributed by atoms with Gasteiger partial charge in [-0.1, -0.05) is 51.9 Å². The molecule has 0 atom stereocenters. The van der Waals surface area contributed by atoms with E-state index < -0.39 is 0 Å². The summed E-state index contributed by atoms with van der Waals surface area (Å²) in [6, 6.07) is 0. The second kappa shape index (κ2) is 18.0. The molecule has 0 saturated heterocycles. The van der Waals surface area contributed by atoms with Crippen LogP contribution in [0.5, 0.6) is 0 Å². The third-order valence-electron chi connectivity index (χ3n) is 2.86.